The number of hydrogen-bond acceptors (Lipinski definition) is 7. The first-order valence-corrected chi connectivity index (χ1v) is 10.9. The fourth-order valence-electron chi connectivity index (χ4n) is 3.18. The van der Waals surface area contributed by atoms with Crippen molar-refractivity contribution in [3.8, 4) is 5.75 Å². The summed E-state index contributed by atoms with van der Waals surface area (Å²) < 4.78 is 9.54. The Morgan fingerprint density at radius 3 is 2.61 bits per heavy atom. The minimum Gasteiger partial charge on any atom is -0.497 e. The number of rotatable bonds is 7. The van der Waals surface area contributed by atoms with Gasteiger partial charge in [-0.2, -0.15) is 4.37 Å². The van der Waals surface area contributed by atoms with E-state index in [1.807, 2.05) is 6.07 Å². The van der Waals surface area contributed by atoms with Gasteiger partial charge in [-0.1, -0.05) is 13.0 Å². The number of nitrogens with one attached hydrogen (secondary N) is 2. The van der Waals surface area contributed by atoms with Crippen LogP contribution in [-0.2, 0) is 6.42 Å². The van der Waals surface area contributed by atoms with Crippen LogP contribution in [0.4, 0.5) is 5.13 Å². The van der Waals surface area contributed by atoms with Gasteiger partial charge in [0.1, 0.15) is 11.6 Å². The van der Waals surface area contributed by atoms with Crippen LogP contribution in [0.15, 0.2) is 29.3 Å². The highest BCUT2D eigenvalue weighted by Gasteiger charge is 2.21. The molecular formula is C20H30IN7O2S. The standard InChI is InChI=1S/C20H29N7O2S.HI/c1-4-17-24-20(30-25-17)27-12-10-26(11-13-27)19(21-2)23-9-8-22-18(28)15-6-5-7-16(14-15)29-3;/h5-7,14H,4,8-13H2,1-3H3,(H,21,23)(H,22,28);1H. The summed E-state index contributed by atoms with van der Waals surface area (Å²) in [5.41, 5.74) is 0.581. The van der Waals surface area contributed by atoms with Crippen LogP contribution in [-0.4, -0.2) is 79.6 Å². The van der Waals surface area contributed by atoms with Crippen molar-refractivity contribution in [1.82, 2.24) is 24.9 Å². The molecule has 1 saturated heterocycles. The van der Waals surface area contributed by atoms with Crippen LogP contribution in [0.2, 0.25) is 0 Å². The van der Waals surface area contributed by atoms with Crippen LogP contribution in [0.25, 0.3) is 0 Å². The highest BCUT2D eigenvalue weighted by Crippen LogP contribution is 2.19. The number of aryl methyl sites for hydroxylation is 1. The number of anilines is 1. The maximum Gasteiger partial charge on any atom is 0.251 e. The van der Waals surface area contributed by atoms with Crippen molar-refractivity contribution in [3.63, 3.8) is 0 Å². The monoisotopic (exact) mass is 559 g/mol. The van der Waals surface area contributed by atoms with Crippen LogP contribution < -0.4 is 20.3 Å². The van der Waals surface area contributed by atoms with Crippen molar-refractivity contribution >= 4 is 52.5 Å². The first-order chi connectivity index (χ1) is 14.6. The van der Waals surface area contributed by atoms with E-state index in [0.29, 0.717) is 24.4 Å². The zero-order valence-corrected chi connectivity index (χ0v) is 21.3. The average molecular weight is 559 g/mol. The number of aliphatic imine (C=N–C) groups is 1. The smallest absolute Gasteiger partial charge is 0.251 e. The molecule has 0 saturated carbocycles. The quantitative estimate of drug-likeness (QED) is 0.232. The van der Waals surface area contributed by atoms with E-state index < -0.39 is 0 Å². The van der Waals surface area contributed by atoms with Gasteiger partial charge in [0.2, 0.25) is 5.13 Å². The molecule has 0 spiro atoms. The van der Waals surface area contributed by atoms with E-state index in [4.69, 9.17) is 4.74 Å². The molecule has 0 radical (unpaired) electrons. The fourth-order valence-corrected chi connectivity index (χ4v) is 3.98. The Bertz CT molecular complexity index is 869. The largest absolute Gasteiger partial charge is 0.497 e. The first-order valence-electron chi connectivity index (χ1n) is 10.1. The number of methoxy groups -OCH3 is 1. The molecule has 170 valence electrons. The Labute approximate surface area is 204 Å². The van der Waals surface area contributed by atoms with E-state index in [1.54, 1.807) is 32.4 Å². The number of nitrogens with zero attached hydrogens (tertiary/aromatic N) is 5. The maximum atomic E-state index is 12.3. The highest BCUT2D eigenvalue weighted by molar-refractivity contribution is 14.0. The molecule has 2 N–H and O–H groups in total. The van der Waals surface area contributed by atoms with Gasteiger partial charge in [-0.05, 0) is 18.2 Å². The summed E-state index contributed by atoms with van der Waals surface area (Å²) >= 11 is 1.47. The highest BCUT2D eigenvalue weighted by atomic mass is 127. The number of piperazine rings is 1. The number of ether oxygens (including phenoxy) is 1. The van der Waals surface area contributed by atoms with E-state index in [2.05, 4.69) is 41.7 Å². The minimum absolute atomic E-state index is 0. The van der Waals surface area contributed by atoms with Gasteiger partial charge in [0.25, 0.3) is 5.91 Å². The number of hydrogen-bond donors (Lipinski definition) is 2. The summed E-state index contributed by atoms with van der Waals surface area (Å²) in [7, 11) is 3.37. The van der Waals surface area contributed by atoms with Crippen molar-refractivity contribution in [2.75, 3.05) is 58.3 Å². The van der Waals surface area contributed by atoms with E-state index in [9.17, 15) is 4.79 Å². The third-order valence-electron chi connectivity index (χ3n) is 4.86. The summed E-state index contributed by atoms with van der Waals surface area (Å²) in [6.07, 6.45) is 0.862. The zero-order chi connectivity index (χ0) is 21.3. The van der Waals surface area contributed by atoms with E-state index in [-0.39, 0.29) is 29.9 Å². The number of carbonyl (C=O) groups excluding carboxylic acids is 1. The van der Waals surface area contributed by atoms with E-state index in [1.165, 1.54) is 11.5 Å². The van der Waals surface area contributed by atoms with Crippen molar-refractivity contribution in [1.29, 1.82) is 0 Å². The molecule has 0 bridgehead atoms. The zero-order valence-electron chi connectivity index (χ0n) is 18.1. The summed E-state index contributed by atoms with van der Waals surface area (Å²) in [5, 5.41) is 7.24. The molecule has 1 aromatic heterocycles. The van der Waals surface area contributed by atoms with Gasteiger partial charge in [-0.15, -0.1) is 24.0 Å². The molecule has 1 amide bonds. The second kappa shape index (κ2) is 12.6. The number of benzene rings is 1. The third kappa shape index (κ3) is 6.92. The molecule has 0 aliphatic carbocycles. The van der Waals surface area contributed by atoms with Gasteiger partial charge >= 0.3 is 0 Å². The van der Waals surface area contributed by atoms with Crippen LogP contribution in [0, 0.1) is 0 Å². The molecule has 1 aliphatic heterocycles. The van der Waals surface area contributed by atoms with Gasteiger partial charge in [-0.3, -0.25) is 9.79 Å². The number of aromatic nitrogens is 2. The van der Waals surface area contributed by atoms with Crippen molar-refractivity contribution in [3.05, 3.63) is 35.7 Å². The molecule has 1 aromatic carbocycles. The summed E-state index contributed by atoms with van der Waals surface area (Å²) in [4.78, 5) is 25.7. The summed E-state index contributed by atoms with van der Waals surface area (Å²) in [5.74, 6) is 2.30. The second-order valence-electron chi connectivity index (χ2n) is 6.78. The number of halogens is 1. The topological polar surface area (TPSA) is 95.0 Å². The van der Waals surface area contributed by atoms with Gasteiger partial charge < -0.3 is 25.2 Å². The Kier molecular flexibility index (Phi) is 10.2. The Hall–Kier alpha value is -2.15. The number of carbonyl (C=O) groups is 1. The molecule has 9 nitrogen and oxygen atoms in total. The second-order valence-corrected chi connectivity index (χ2v) is 7.51. The summed E-state index contributed by atoms with van der Waals surface area (Å²) in [6, 6.07) is 7.11. The third-order valence-corrected chi connectivity index (χ3v) is 5.68. The van der Waals surface area contributed by atoms with Gasteiger partial charge in [0, 0.05) is 69.8 Å². The van der Waals surface area contributed by atoms with Crippen LogP contribution in [0.3, 0.4) is 0 Å². The predicted octanol–water partition coefficient (Wildman–Crippen LogP) is 1.85. The van der Waals surface area contributed by atoms with E-state index in [0.717, 1.165) is 49.5 Å². The summed E-state index contributed by atoms with van der Waals surface area (Å²) in [6.45, 7) is 6.64. The minimum atomic E-state index is -0.122. The Balaban J connectivity index is 0.00000341. The lowest BCUT2D eigenvalue weighted by Crippen LogP contribution is -2.53. The Morgan fingerprint density at radius 1 is 1.23 bits per heavy atom. The lowest BCUT2D eigenvalue weighted by atomic mass is 10.2. The Morgan fingerprint density at radius 2 is 1.97 bits per heavy atom. The molecule has 1 aliphatic rings. The van der Waals surface area contributed by atoms with Crippen LogP contribution >= 0.6 is 35.5 Å². The van der Waals surface area contributed by atoms with Gasteiger partial charge in [0.05, 0.1) is 7.11 Å². The lowest BCUT2D eigenvalue weighted by molar-refractivity contribution is 0.0954. The predicted molar refractivity (Wildman–Crippen MR) is 135 cm³/mol. The van der Waals surface area contributed by atoms with Gasteiger partial charge in [-0.25, -0.2) is 4.98 Å². The maximum absolute atomic E-state index is 12.3. The number of amides is 1. The van der Waals surface area contributed by atoms with Crippen LogP contribution in [0.5, 0.6) is 5.75 Å². The fraction of sp³-hybridized carbons (Fsp3) is 0.500. The first kappa shape index (κ1) is 25.1. The van der Waals surface area contributed by atoms with Crippen molar-refractivity contribution in [2.24, 2.45) is 4.99 Å². The molecule has 11 heteroatoms. The molecule has 2 heterocycles. The lowest BCUT2D eigenvalue weighted by Gasteiger charge is -2.36. The SMILES string of the molecule is CCc1nsc(N2CCN(C(=NC)NCCNC(=O)c3cccc(OC)c3)CC2)n1.I. The van der Waals surface area contributed by atoms with Crippen LogP contribution in [0.1, 0.15) is 23.1 Å². The molecular weight excluding hydrogens is 529 g/mol. The normalized spacial score (nSPS) is 14.1. The number of guanidine groups is 1. The molecule has 2 aromatic rings. The van der Waals surface area contributed by atoms with Gasteiger partial charge in [0.15, 0.2) is 5.96 Å². The van der Waals surface area contributed by atoms with E-state index >= 15 is 0 Å². The molecule has 0 atom stereocenters. The molecule has 3 rings (SSSR count). The molecule has 0 unspecified atom stereocenters. The molecule has 1 fully saturated rings. The van der Waals surface area contributed by atoms with Crippen molar-refractivity contribution < 1.29 is 9.53 Å². The average Bonchev–Trinajstić information content (AvgIpc) is 3.28. The van der Waals surface area contributed by atoms with Crippen molar-refractivity contribution in [2.45, 2.75) is 13.3 Å². The molecule has 31 heavy (non-hydrogen) atoms.